The fourth-order valence-corrected chi connectivity index (χ4v) is 2.59. The van der Waals surface area contributed by atoms with Crippen LogP contribution in [0.3, 0.4) is 0 Å². The van der Waals surface area contributed by atoms with E-state index in [1.54, 1.807) is 0 Å². The van der Waals surface area contributed by atoms with Crippen LogP contribution in [0.4, 0.5) is 0 Å². The molecule has 0 radical (unpaired) electrons. The first-order valence-corrected chi connectivity index (χ1v) is 5.25. The van der Waals surface area contributed by atoms with Gasteiger partial charge in [0.2, 0.25) is 0 Å². The van der Waals surface area contributed by atoms with Crippen molar-refractivity contribution < 1.29 is 14.3 Å². The summed E-state index contributed by atoms with van der Waals surface area (Å²) in [6.07, 6.45) is 2.98. The van der Waals surface area contributed by atoms with E-state index >= 15 is 0 Å². The molecule has 3 unspecified atom stereocenters. The van der Waals surface area contributed by atoms with Crippen LogP contribution in [0, 0.1) is 5.41 Å². The molecule has 2 fully saturated rings. The van der Waals surface area contributed by atoms with Crippen LogP contribution in [0.15, 0.2) is 0 Å². The van der Waals surface area contributed by atoms with Crippen LogP contribution in [-0.2, 0) is 14.3 Å². The zero-order valence-electron chi connectivity index (χ0n) is 8.49. The van der Waals surface area contributed by atoms with Gasteiger partial charge < -0.3 is 15.2 Å². The van der Waals surface area contributed by atoms with Crippen molar-refractivity contribution >= 4 is 5.97 Å². The van der Waals surface area contributed by atoms with Gasteiger partial charge in [-0.15, -0.1) is 0 Å². The predicted molar refractivity (Wildman–Crippen MR) is 50.6 cm³/mol. The van der Waals surface area contributed by atoms with Crippen LogP contribution in [-0.4, -0.2) is 31.3 Å². The third kappa shape index (κ3) is 1.25. The second kappa shape index (κ2) is 3.51. The van der Waals surface area contributed by atoms with Crippen LogP contribution in [0.2, 0.25) is 0 Å². The van der Waals surface area contributed by atoms with Gasteiger partial charge in [0.25, 0.3) is 0 Å². The van der Waals surface area contributed by atoms with Crippen molar-refractivity contribution in [3.05, 3.63) is 0 Å². The van der Waals surface area contributed by atoms with Gasteiger partial charge in [-0.3, -0.25) is 4.79 Å². The Morgan fingerprint density at radius 3 is 2.86 bits per heavy atom. The molecule has 0 saturated carbocycles. The third-order valence-corrected chi connectivity index (χ3v) is 3.36. The average molecular weight is 199 g/mol. The molecule has 2 aliphatic rings. The van der Waals surface area contributed by atoms with Gasteiger partial charge in [0.05, 0.1) is 18.8 Å². The van der Waals surface area contributed by atoms with Gasteiger partial charge in [-0.05, 0) is 26.2 Å². The molecule has 80 valence electrons. The van der Waals surface area contributed by atoms with Gasteiger partial charge in [0, 0.05) is 6.54 Å². The first-order chi connectivity index (χ1) is 6.73. The van der Waals surface area contributed by atoms with E-state index in [-0.39, 0.29) is 18.2 Å². The molecule has 0 aromatic carbocycles. The number of ether oxygens (including phenoxy) is 2. The lowest BCUT2D eigenvalue weighted by molar-refractivity contribution is -0.158. The standard InChI is InChI=1S/C10H17NO3/c1-2-13-9(12)10(6-11)5-7-3-4-8(10)14-7/h7-8H,2-6,11H2,1H3. The van der Waals surface area contributed by atoms with Gasteiger partial charge in [-0.1, -0.05) is 0 Å². The molecule has 2 aliphatic heterocycles. The van der Waals surface area contributed by atoms with Crippen molar-refractivity contribution in [2.24, 2.45) is 11.1 Å². The molecule has 2 rings (SSSR count). The Labute approximate surface area is 83.7 Å². The number of carbonyl (C=O) groups excluding carboxylic acids is 1. The maximum atomic E-state index is 11.8. The van der Waals surface area contributed by atoms with E-state index in [4.69, 9.17) is 15.2 Å². The number of fused-ring (bicyclic) bond motifs is 2. The highest BCUT2D eigenvalue weighted by atomic mass is 16.5. The Hall–Kier alpha value is -0.610. The van der Waals surface area contributed by atoms with Gasteiger partial charge in [0.15, 0.2) is 0 Å². The van der Waals surface area contributed by atoms with Crippen molar-refractivity contribution in [2.45, 2.75) is 38.4 Å². The normalized spacial score (nSPS) is 40.1. The fraction of sp³-hybridized carbons (Fsp3) is 0.900. The molecule has 2 saturated heterocycles. The monoisotopic (exact) mass is 199 g/mol. The molecule has 3 atom stereocenters. The number of nitrogens with two attached hydrogens (primary N) is 1. The number of rotatable bonds is 3. The minimum Gasteiger partial charge on any atom is -0.465 e. The summed E-state index contributed by atoms with van der Waals surface area (Å²) in [6, 6.07) is 0. The Bertz CT molecular complexity index is 244. The highest BCUT2D eigenvalue weighted by molar-refractivity contribution is 5.78. The zero-order valence-corrected chi connectivity index (χ0v) is 8.49. The molecule has 0 aliphatic carbocycles. The number of hydrogen-bond acceptors (Lipinski definition) is 4. The molecular formula is C10H17NO3. The lowest BCUT2D eigenvalue weighted by Crippen LogP contribution is -2.47. The molecule has 4 heteroatoms. The van der Waals surface area contributed by atoms with Crippen molar-refractivity contribution in [1.82, 2.24) is 0 Å². The SMILES string of the molecule is CCOC(=O)C1(CN)CC2CCC1O2. The summed E-state index contributed by atoms with van der Waals surface area (Å²) in [5.74, 6) is -0.172. The second-order valence-corrected chi connectivity index (χ2v) is 4.11. The largest absolute Gasteiger partial charge is 0.465 e. The van der Waals surface area contributed by atoms with E-state index in [2.05, 4.69) is 0 Å². The molecule has 0 amide bonds. The molecule has 2 bridgehead atoms. The summed E-state index contributed by atoms with van der Waals surface area (Å²) in [6.45, 7) is 2.57. The Morgan fingerprint density at radius 1 is 1.64 bits per heavy atom. The number of carbonyl (C=O) groups is 1. The molecule has 0 aromatic heterocycles. The van der Waals surface area contributed by atoms with Gasteiger partial charge in [-0.2, -0.15) is 0 Å². The molecule has 4 nitrogen and oxygen atoms in total. The van der Waals surface area contributed by atoms with Crippen LogP contribution in [0.25, 0.3) is 0 Å². The highest BCUT2D eigenvalue weighted by Gasteiger charge is 2.57. The average Bonchev–Trinajstić information content (AvgIpc) is 2.77. The lowest BCUT2D eigenvalue weighted by atomic mass is 9.74. The molecule has 0 aromatic rings. The van der Waals surface area contributed by atoms with Crippen molar-refractivity contribution in [1.29, 1.82) is 0 Å². The Morgan fingerprint density at radius 2 is 2.43 bits per heavy atom. The lowest BCUT2D eigenvalue weighted by Gasteiger charge is -2.31. The molecule has 2 heterocycles. The summed E-state index contributed by atoms with van der Waals surface area (Å²) in [5, 5.41) is 0. The van der Waals surface area contributed by atoms with Crippen molar-refractivity contribution in [2.75, 3.05) is 13.2 Å². The van der Waals surface area contributed by atoms with Gasteiger partial charge >= 0.3 is 5.97 Å². The van der Waals surface area contributed by atoms with Gasteiger partial charge in [0.1, 0.15) is 5.41 Å². The first kappa shape index (κ1) is 9.93. The Kier molecular flexibility index (Phi) is 2.49. The van der Waals surface area contributed by atoms with E-state index in [0.717, 1.165) is 19.3 Å². The van der Waals surface area contributed by atoms with Crippen LogP contribution in [0.5, 0.6) is 0 Å². The summed E-state index contributed by atoms with van der Waals surface area (Å²) in [5.41, 5.74) is 5.16. The molecule has 14 heavy (non-hydrogen) atoms. The maximum absolute atomic E-state index is 11.8. The van der Waals surface area contributed by atoms with E-state index < -0.39 is 5.41 Å². The topological polar surface area (TPSA) is 61.5 Å². The summed E-state index contributed by atoms with van der Waals surface area (Å²) in [4.78, 5) is 11.8. The van der Waals surface area contributed by atoms with E-state index in [1.165, 1.54) is 0 Å². The zero-order chi connectivity index (χ0) is 10.2. The quantitative estimate of drug-likeness (QED) is 0.670. The fourth-order valence-electron chi connectivity index (χ4n) is 2.59. The number of esters is 1. The van der Waals surface area contributed by atoms with Gasteiger partial charge in [-0.25, -0.2) is 0 Å². The van der Waals surface area contributed by atoms with E-state index in [9.17, 15) is 4.79 Å². The minimum atomic E-state index is -0.543. The Balaban J connectivity index is 2.14. The molecule has 2 N–H and O–H groups in total. The number of hydrogen-bond donors (Lipinski definition) is 1. The third-order valence-electron chi connectivity index (χ3n) is 3.36. The van der Waals surface area contributed by atoms with E-state index in [0.29, 0.717) is 13.2 Å². The smallest absolute Gasteiger partial charge is 0.316 e. The van der Waals surface area contributed by atoms with Crippen LogP contribution in [0.1, 0.15) is 26.2 Å². The van der Waals surface area contributed by atoms with Crippen LogP contribution >= 0.6 is 0 Å². The maximum Gasteiger partial charge on any atom is 0.316 e. The first-order valence-electron chi connectivity index (χ1n) is 5.25. The highest BCUT2D eigenvalue weighted by Crippen LogP contribution is 2.47. The van der Waals surface area contributed by atoms with Crippen LogP contribution < -0.4 is 5.73 Å². The van der Waals surface area contributed by atoms with Crippen molar-refractivity contribution in [3.63, 3.8) is 0 Å². The van der Waals surface area contributed by atoms with E-state index in [1.807, 2.05) is 6.92 Å². The molecular weight excluding hydrogens is 182 g/mol. The second-order valence-electron chi connectivity index (χ2n) is 4.11. The molecule has 0 spiro atoms. The summed E-state index contributed by atoms with van der Waals surface area (Å²) < 4.78 is 10.7. The van der Waals surface area contributed by atoms with Crippen molar-refractivity contribution in [3.8, 4) is 0 Å². The predicted octanol–water partition coefficient (Wildman–Crippen LogP) is 0.446. The minimum absolute atomic E-state index is 0.00319. The summed E-state index contributed by atoms with van der Waals surface area (Å²) in [7, 11) is 0. The summed E-state index contributed by atoms with van der Waals surface area (Å²) >= 11 is 0.